The summed E-state index contributed by atoms with van der Waals surface area (Å²) < 4.78 is 1.35. The van der Waals surface area contributed by atoms with Crippen molar-refractivity contribution in [3.05, 3.63) is 28.6 Å². The third-order valence-electron chi connectivity index (χ3n) is 2.02. The summed E-state index contributed by atoms with van der Waals surface area (Å²) in [6.45, 7) is 2.12. The van der Waals surface area contributed by atoms with E-state index in [9.17, 15) is 0 Å². The molecule has 2 aromatic rings. The number of rotatable bonds is 1. The molecule has 0 nitrogen and oxygen atoms in total. The zero-order valence-electron chi connectivity index (χ0n) is 7.17. The first kappa shape index (κ1) is 9.56. The van der Waals surface area contributed by atoms with Crippen LogP contribution in [0.25, 0.3) is 10.1 Å². The van der Waals surface area contributed by atoms with Gasteiger partial charge in [-0.05, 0) is 18.6 Å². The van der Waals surface area contributed by atoms with Gasteiger partial charge >= 0.3 is 0 Å². The summed E-state index contributed by atoms with van der Waals surface area (Å²) in [5, 5.41) is 4.29. The molecule has 0 radical (unpaired) electrons. The Morgan fingerprint density at radius 2 is 2.23 bits per heavy atom. The van der Waals surface area contributed by atoms with Gasteiger partial charge in [-0.2, -0.15) is 0 Å². The number of alkyl halides is 1. The van der Waals surface area contributed by atoms with Crippen LogP contribution in [0, 0.1) is 6.92 Å². The maximum atomic E-state index is 4.43. The molecule has 0 aliphatic rings. The van der Waals surface area contributed by atoms with Crippen LogP contribution in [0.5, 0.6) is 0 Å². The molecule has 0 aliphatic carbocycles. The average Bonchev–Trinajstić information content (AvgIpc) is 2.47. The van der Waals surface area contributed by atoms with Crippen LogP contribution in [-0.4, -0.2) is 0 Å². The van der Waals surface area contributed by atoms with Gasteiger partial charge in [0.25, 0.3) is 0 Å². The maximum absolute atomic E-state index is 4.43. The molecule has 0 spiro atoms. The van der Waals surface area contributed by atoms with E-state index in [4.69, 9.17) is 0 Å². The first-order valence-electron chi connectivity index (χ1n) is 3.98. The fourth-order valence-corrected chi connectivity index (χ4v) is 3.43. The van der Waals surface area contributed by atoms with Crippen molar-refractivity contribution in [3.8, 4) is 0 Å². The topological polar surface area (TPSA) is 0 Å². The zero-order valence-corrected chi connectivity index (χ0v) is 10.5. The van der Waals surface area contributed by atoms with E-state index in [1.165, 1.54) is 21.2 Å². The van der Waals surface area contributed by atoms with Crippen LogP contribution >= 0.6 is 39.9 Å². The summed E-state index contributed by atoms with van der Waals surface area (Å²) in [4.78, 5) is 1.09. The summed E-state index contributed by atoms with van der Waals surface area (Å²) in [6, 6.07) is 4.42. The molecule has 1 heterocycles. The van der Waals surface area contributed by atoms with Crippen LogP contribution in [-0.2, 0) is 5.33 Å². The van der Waals surface area contributed by atoms with Crippen LogP contribution in [0.4, 0.5) is 0 Å². The number of hydrogen-bond donors (Lipinski definition) is 1. The Hall–Kier alpha value is 0.01000. The molecule has 0 aliphatic heterocycles. The van der Waals surface area contributed by atoms with E-state index in [0.717, 1.165) is 10.2 Å². The van der Waals surface area contributed by atoms with Crippen LogP contribution < -0.4 is 0 Å². The molecular weight excluding hydrogens is 264 g/mol. The van der Waals surface area contributed by atoms with Crippen LogP contribution in [0.3, 0.4) is 0 Å². The summed E-state index contributed by atoms with van der Waals surface area (Å²) in [5.74, 6) is 0. The predicted molar refractivity (Wildman–Crippen MR) is 66.4 cm³/mol. The molecule has 3 heteroatoms. The Labute approximate surface area is 95.5 Å². The number of thiophene rings is 1. The largest absolute Gasteiger partial charge is 0.142 e. The van der Waals surface area contributed by atoms with Crippen molar-refractivity contribution in [1.29, 1.82) is 0 Å². The second kappa shape index (κ2) is 3.64. The Morgan fingerprint density at radius 3 is 2.92 bits per heavy atom. The number of aryl methyl sites for hydroxylation is 1. The number of halogens is 1. The van der Waals surface area contributed by atoms with Crippen molar-refractivity contribution in [2.45, 2.75) is 17.1 Å². The molecule has 1 aromatic carbocycles. The van der Waals surface area contributed by atoms with Gasteiger partial charge < -0.3 is 0 Å². The van der Waals surface area contributed by atoms with Crippen molar-refractivity contribution in [3.63, 3.8) is 0 Å². The van der Waals surface area contributed by atoms with Crippen molar-refractivity contribution in [2.75, 3.05) is 0 Å². The molecule has 68 valence electrons. The molecule has 0 N–H and O–H groups in total. The Kier molecular flexibility index (Phi) is 2.67. The monoisotopic (exact) mass is 272 g/mol. The quantitative estimate of drug-likeness (QED) is 0.578. The van der Waals surface area contributed by atoms with Crippen molar-refractivity contribution >= 4 is 50.0 Å². The molecule has 0 unspecified atom stereocenters. The van der Waals surface area contributed by atoms with E-state index in [2.05, 4.69) is 53.0 Å². The van der Waals surface area contributed by atoms with Gasteiger partial charge in [0.15, 0.2) is 0 Å². The number of fused-ring (bicyclic) bond motifs is 1. The number of hydrogen-bond acceptors (Lipinski definition) is 2. The molecule has 1 aromatic heterocycles. The molecular formula is C10H9BrS2. The summed E-state index contributed by atoms with van der Waals surface area (Å²) >= 11 is 9.70. The minimum atomic E-state index is 0.916. The first-order chi connectivity index (χ1) is 6.22. The molecule has 0 amide bonds. The van der Waals surface area contributed by atoms with E-state index < -0.39 is 0 Å². The molecule has 0 saturated heterocycles. The van der Waals surface area contributed by atoms with Gasteiger partial charge in [0.1, 0.15) is 0 Å². The summed E-state index contributed by atoms with van der Waals surface area (Å²) in [7, 11) is 0. The maximum Gasteiger partial charge on any atom is 0.0394 e. The van der Waals surface area contributed by atoms with Crippen molar-refractivity contribution in [2.24, 2.45) is 0 Å². The second-order valence-electron chi connectivity index (χ2n) is 3.06. The highest BCUT2D eigenvalue weighted by atomic mass is 79.9. The van der Waals surface area contributed by atoms with E-state index in [1.54, 1.807) is 11.3 Å². The zero-order chi connectivity index (χ0) is 9.42. The summed E-state index contributed by atoms with van der Waals surface area (Å²) in [5.41, 5.74) is 2.66. The summed E-state index contributed by atoms with van der Waals surface area (Å²) in [6.07, 6.45) is 0. The van der Waals surface area contributed by atoms with Gasteiger partial charge in [-0.25, -0.2) is 0 Å². The lowest BCUT2D eigenvalue weighted by Gasteiger charge is -2.01. The van der Waals surface area contributed by atoms with E-state index in [1.807, 2.05) is 0 Å². The van der Waals surface area contributed by atoms with Crippen molar-refractivity contribution in [1.82, 2.24) is 0 Å². The van der Waals surface area contributed by atoms with Crippen LogP contribution in [0.2, 0.25) is 0 Å². The van der Waals surface area contributed by atoms with Gasteiger partial charge in [0.05, 0.1) is 0 Å². The minimum absolute atomic E-state index is 0.916. The third kappa shape index (κ3) is 1.65. The highest BCUT2D eigenvalue weighted by Crippen LogP contribution is 2.33. The number of benzene rings is 1. The van der Waals surface area contributed by atoms with Gasteiger partial charge in [-0.1, -0.05) is 27.6 Å². The molecule has 13 heavy (non-hydrogen) atoms. The predicted octanol–water partition coefficient (Wildman–Crippen LogP) is 4.39. The minimum Gasteiger partial charge on any atom is -0.142 e. The number of thiol groups is 1. The third-order valence-corrected chi connectivity index (χ3v) is 4.24. The van der Waals surface area contributed by atoms with Gasteiger partial charge in [-0.15, -0.1) is 24.0 Å². The van der Waals surface area contributed by atoms with Crippen LogP contribution in [0.1, 0.15) is 11.1 Å². The van der Waals surface area contributed by atoms with Gasteiger partial charge in [0, 0.05) is 25.7 Å². The van der Waals surface area contributed by atoms with Gasteiger partial charge in [-0.3, -0.25) is 0 Å². The fourth-order valence-electron chi connectivity index (χ4n) is 1.46. The van der Waals surface area contributed by atoms with Crippen LogP contribution in [0.15, 0.2) is 22.4 Å². The average molecular weight is 273 g/mol. The Morgan fingerprint density at radius 1 is 1.46 bits per heavy atom. The Balaban J connectivity index is 2.84. The highest BCUT2D eigenvalue weighted by molar-refractivity contribution is 9.08. The second-order valence-corrected chi connectivity index (χ2v) is 4.98. The molecule has 2 rings (SSSR count). The van der Waals surface area contributed by atoms with Gasteiger partial charge in [0.2, 0.25) is 0 Å². The first-order valence-corrected chi connectivity index (χ1v) is 6.43. The van der Waals surface area contributed by atoms with Crippen molar-refractivity contribution < 1.29 is 0 Å². The molecule has 0 atom stereocenters. The fraction of sp³-hybridized carbons (Fsp3) is 0.200. The standard InChI is InChI=1S/C10H9BrS2/c1-6-2-7(4-11)10-8(3-6)9(12)5-13-10/h2-3,5,12H,4H2,1H3. The smallest absolute Gasteiger partial charge is 0.0394 e. The lowest BCUT2D eigenvalue weighted by molar-refractivity contribution is 1.41. The normalized spacial score (nSPS) is 11.0. The van der Waals surface area contributed by atoms with E-state index in [0.29, 0.717) is 0 Å². The lowest BCUT2D eigenvalue weighted by atomic mass is 10.1. The molecule has 0 bridgehead atoms. The lowest BCUT2D eigenvalue weighted by Crippen LogP contribution is -1.80. The molecule has 0 saturated carbocycles. The highest BCUT2D eigenvalue weighted by Gasteiger charge is 2.05. The SMILES string of the molecule is Cc1cc(CBr)c2scc(S)c2c1. The Bertz CT molecular complexity index is 445. The van der Waals surface area contributed by atoms with E-state index in [-0.39, 0.29) is 0 Å². The van der Waals surface area contributed by atoms with E-state index >= 15 is 0 Å². The molecule has 0 fully saturated rings.